The fourth-order valence-corrected chi connectivity index (χ4v) is 10.4. The van der Waals surface area contributed by atoms with Crippen molar-refractivity contribution in [2.75, 3.05) is 19.0 Å². The van der Waals surface area contributed by atoms with Gasteiger partial charge in [0, 0.05) is 34.5 Å². The minimum Gasteiger partial charge on any atom is -0.496 e. The van der Waals surface area contributed by atoms with E-state index in [1.807, 2.05) is 33.1 Å². The maximum Gasteiger partial charge on any atom is 0.419 e. The van der Waals surface area contributed by atoms with E-state index in [1.165, 1.54) is 16.2 Å². The summed E-state index contributed by atoms with van der Waals surface area (Å²) in [5.41, 5.74) is -1.52. The number of halogens is 4. The molecule has 3 fully saturated rings. The van der Waals surface area contributed by atoms with Crippen LogP contribution in [0, 0.1) is 24.1 Å². The summed E-state index contributed by atoms with van der Waals surface area (Å²) >= 11 is 1.42. The summed E-state index contributed by atoms with van der Waals surface area (Å²) < 4.78 is 96.0. The molecular weight excluding hydrogens is 865 g/mol. The van der Waals surface area contributed by atoms with Gasteiger partial charge in [-0.1, -0.05) is 48.0 Å². The average molecular weight is 917 g/mol. The lowest BCUT2D eigenvalue weighted by Crippen LogP contribution is -2.58. The van der Waals surface area contributed by atoms with Crippen LogP contribution in [0.1, 0.15) is 96.4 Å². The van der Waals surface area contributed by atoms with E-state index in [2.05, 4.69) is 15.4 Å². The van der Waals surface area contributed by atoms with E-state index in [9.17, 15) is 40.4 Å². The second-order valence-electron chi connectivity index (χ2n) is 18.1. The first-order valence-electron chi connectivity index (χ1n) is 20.9. The topological polar surface area (TPSA) is 169 Å². The SMILES string of the molecule is CC[C@@H]1C[C@]1(NC(=O)[C@@H]1C[C@@H](Oc2cc(-c3nc(C(C)C)cs3)nc3c(C)c(OC)ccc23)CN1C(=O)[C@@H](Nc1ccc(F)c(C(F)(F)F)c1)C(C)(C)C)C(=O)NS(=O)(=O)C1CC1. The number of likely N-dealkylation sites (tertiary alicyclic amines) is 1. The molecule has 1 aliphatic heterocycles. The zero-order valence-corrected chi connectivity index (χ0v) is 37.9. The molecule has 7 rings (SSSR count). The van der Waals surface area contributed by atoms with Crippen LogP contribution in [0.2, 0.25) is 0 Å². The highest BCUT2D eigenvalue weighted by Gasteiger charge is 2.62. The van der Waals surface area contributed by atoms with Crippen LogP contribution in [0.4, 0.5) is 23.2 Å². The monoisotopic (exact) mass is 916 g/mol. The fraction of sp³-hybridized carbons (Fsp3) is 0.523. The number of nitrogens with zero attached hydrogens (tertiary/aromatic N) is 3. The molecule has 3 aliphatic rings. The van der Waals surface area contributed by atoms with E-state index in [0.717, 1.165) is 17.3 Å². The van der Waals surface area contributed by atoms with Gasteiger partial charge in [0.15, 0.2) is 0 Å². The Morgan fingerprint density at radius 3 is 2.35 bits per heavy atom. The number of ether oxygens (including phenoxy) is 2. The molecule has 1 saturated heterocycles. The van der Waals surface area contributed by atoms with Crippen LogP contribution in [-0.2, 0) is 30.6 Å². The van der Waals surface area contributed by atoms with E-state index < -0.39 is 79.7 Å². The van der Waals surface area contributed by atoms with Crippen LogP contribution in [0.5, 0.6) is 11.5 Å². The fourth-order valence-electron chi connectivity index (χ4n) is 8.14. The lowest BCUT2D eigenvalue weighted by Gasteiger charge is -2.36. The lowest BCUT2D eigenvalue weighted by molar-refractivity contribution is -0.141. The molecule has 4 aromatic rings. The number of benzene rings is 2. The molecule has 3 amide bonds. The van der Waals surface area contributed by atoms with E-state index in [0.29, 0.717) is 64.5 Å². The molecule has 63 heavy (non-hydrogen) atoms. The molecule has 5 atom stereocenters. The van der Waals surface area contributed by atoms with Crippen molar-refractivity contribution in [1.29, 1.82) is 0 Å². The molecule has 3 N–H and O–H groups in total. The van der Waals surface area contributed by atoms with Crippen molar-refractivity contribution in [2.45, 2.75) is 122 Å². The van der Waals surface area contributed by atoms with Crippen molar-refractivity contribution < 1.29 is 49.8 Å². The number of fused-ring (bicyclic) bond motifs is 1. The third-order valence-electron chi connectivity index (χ3n) is 12.1. The number of nitrogens with one attached hydrogen (secondary N) is 3. The number of hydrogen-bond acceptors (Lipinski definition) is 11. The molecule has 340 valence electrons. The van der Waals surface area contributed by atoms with Crippen LogP contribution >= 0.6 is 11.3 Å². The van der Waals surface area contributed by atoms with Gasteiger partial charge in [0.05, 0.1) is 35.7 Å². The molecule has 2 aromatic carbocycles. The van der Waals surface area contributed by atoms with Crippen LogP contribution in [0.15, 0.2) is 41.8 Å². The number of thiazole rings is 1. The zero-order chi connectivity index (χ0) is 46.0. The van der Waals surface area contributed by atoms with Gasteiger partial charge >= 0.3 is 6.18 Å². The minimum atomic E-state index is -5.01. The van der Waals surface area contributed by atoms with Gasteiger partial charge in [-0.3, -0.25) is 19.1 Å². The number of hydrogen-bond donors (Lipinski definition) is 3. The van der Waals surface area contributed by atoms with E-state index in [4.69, 9.17) is 19.4 Å². The number of rotatable bonds is 14. The Morgan fingerprint density at radius 1 is 1.05 bits per heavy atom. The number of carbonyl (C=O) groups is 3. The molecule has 2 aromatic heterocycles. The summed E-state index contributed by atoms with van der Waals surface area (Å²) in [5.74, 6) is -2.99. The predicted molar refractivity (Wildman–Crippen MR) is 230 cm³/mol. The van der Waals surface area contributed by atoms with Crippen molar-refractivity contribution in [2.24, 2.45) is 11.3 Å². The molecule has 0 bridgehead atoms. The number of methoxy groups -OCH3 is 1. The van der Waals surface area contributed by atoms with Gasteiger partial charge in [-0.05, 0) is 73.8 Å². The van der Waals surface area contributed by atoms with E-state index in [-0.39, 0.29) is 36.9 Å². The van der Waals surface area contributed by atoms with Crippen LogP contribution in [-0.4, -0.2) is 83.6 Å². The number of sulfonamides is 1. The molecule has 2 saturated carbocycles. The Kier molecular flexibility index (Phi) is 12.3. The Morgan fingerprint density at radius 2 is 1.76 bits per heavy atom. The summed E-state index contributed by atoms with van der Waals surface area (Å²) in [6, 6.07) is 5.14. The number of alkyl halides is 3. The molecular formula is C44H52F4N6O7S2. The van der Waals surface area contributed by atoms with Gasteiger partial charge in [-0.15, -0.1) is 11.3 Å². The van der Waals surface area contributed by atoms with Gasteiger partial charge < -0.3 is 25.0 Å². The van der Waals surface area contributed by atoms with Crippen LogP contribution in [0.25, 0.3) is 21.6 Å². The van der Waals surface area contributed by atoms with Crippen molar-refractivity contribution in [3.05, 3.63) is 64.4 Å². The van der Waals surface area contributed by atoms with E-state index >= 15 is 0 Å². The quantitative estimate of drug-likeness (QED) is 0.107. The molecule has 3 heterocycles. The van der Waals surface area contributed by atoms with Gasteiger partial charge in [0.1, 0.15) is 51.7 Å². The number of amides is 3. The number of aryl methyl sites for hydroxylation is 1. The normalized spacial score (nSPS) is 21.9. The molecule has 0 radical (unpaired) electrons. The Bertz CT molecular complexity index is 2560. The summed E-state index contributed by atoms with van der Waals surface area (Å²) in [4.78, 5) is 54.3. The smallest absolute Gasteiger partial charge is 0.419 e. The number of pyridine rings is 1. The van der Waals surface area contributed by atoms with Gasteiger partial charge in [-0.25, -0.2) is 22.8 Å². The predicted octanol–water partition coefficient (Wildman–Crippen LogP) is 7.73. The molecule has 0 spiro atoms. The van der Waals surface area contributed by atoms with E-state index in [1.54, 1.807) is 46.1 Å². The highest BCUT2D eigenvalue weighted by molar-refractivity contribution is 7.91. The Labute approximate surface area is 367 Å². The Balaban J connectivity index is 1.26. The largest absolute Gasteiger partial charge is 0.496 e. The van der Waals surface area contributed by atoms with Crippen molar-refractivity contribution in [3.63, 3.8) is 0 Å². The molecule has 2 aliphatic carbocycles. The maximum absolute atomic E-state index is 14.9. The third-order valence-corrected chi connectivity index (χ3v) is 14.8. The number of aromatic nitrogens is 2. The van der Waals surface area contributed by atoms with Crippen molar-refractivity contribution >= 4 is 55.7 Å². The first-order valence-corrected chi connectivity index (χ1v) is 23.3. The highest BCUT2D eigenvalue weighted by Crippen LogP contribution is 2.47. The lowest BCUT2D eigenvalue weighted by atomic mass is 9.85. The Hall–Kier alpha value is -5.04. The van der Waals surface area contributed by atoms with Crippen molar-refractivity contribution in [3.8, 4) is 22.2 Å². The van der Waals surface area contributed by atoms with Crippen molar-refractivity contribution in [1.82, 2.24) is 24.9 Å². The van der Waals surface area contributed by atoms with Gasteiger partial charge in [0.25, 0.3) is 5.91 Å². The summed E-state index contributed by atoms with van der Waals surface area (Å²) in [7, 11) is -2.41. The number of carbonyl (C=O) groups excluding carboxylic acids is 3. The third kappa shape index (κ3) is 9.31. The summed E-state index contributed by atoms with van der Waals surface area (Å²) in [5, 5.41) is 8.24. The maximum atomic E-state index is 14.9. The highest BCUT2D eigenvalue weighted by atomic mass is 32.2. The first kappa shape index (κ1) is 46.0. The second-order valence-corrected chi connectivity index (χ2v) is 20.9. The standard InChI is InChI=1S/C44H52F4N6O7S2/c1-9-24-19-43(24,41(57)53-63(58,59)27-11-12-27)52-38(55)33-17-26(20-54(33)40(56)37(42(5,6)7)49-25-10-14-30(45)29(16-25)44(46,47)48)61-35-18-31(39-51-32(21-62-39)22(2)3)50-36-23(4)34(60-8)15-13-28(35)36/h10,13-16,18,21-22,24,26-27,33,37,49H,9,11-12,17,19-20H2,1-8H3,(H,52,55)(H,53,57)/t24-,26-,33+,37-,43-/m1/s1. The number of anilines is 1. The van der Waals surface area contributed by atoms with Crippen LogP contribution < -0.4 is 24.8 Å². The molecule has 19 heteroatoms. The summed E-state index contributed by atoms with van der Waals surface area (Å²) in [6.07, 6.45) is -4.49. The van der Waals surface area contributed by atoms with Crippen LogP contribution in [0.3, 0.4) is 0 Å². The molecule has 13 nitrogen and oxygen atoms in total. The summed E-state index contributed by atoms with van der Waals surface area (Å²) in [6.45, 7) is 12.6. The zero-order valence-electron chi connectivity index (χ0n) is 36.3. The minimum absolute atomic E-state index is 0.0822. The van der Waals surface area contributed by atoms with Gasteiger partial charge in [-0.2, -0.15) is 13.2 Å². The average Bonchev–Trinajstić information content (AvgIpc) is 4.09. The first-order chi connectivity index (χ1) is 29.5. The van der Waals surface area contributed by atoms with Gasteiger partial charge in [0.2, 0.25) is 21.8 Å². The molecule has 0 unspecified atom stereocenters. The second kappa shape index (κ2) is 16.8.